The number of anilines is 7. The van der Waals surface area contributed by atoms with Crippen molar-refractivity contribution in [3.8, 4) is 46.0 Å². The molecule has 6 amide bonds. The second kappa shape index (κ2) is 41.7. The number of aromatic nitrogens is 3. The Hall–Kier alpha value is -11.5. The van der Waals surface area contributed by atoms with E-state index >= 15 is 0 Å². The van der Waals surface area contributed by atoms with Gasteiger partial charge in [0.05, 0.1) is 60.0 Å². The van der Waals surface area contributed by atoms with E-state index in [1.807, 2.05) is 18.2 Å². The van der Waals surface area contributed by atoms with Crippen molar-refractivity contribution in [2.24, 2.45) is 0 Å². The van der Waals surface area contributed by atoms with Gasteiger partial charge in [-0.25, -0.2) is 13.2 Å². The van der Waals surface area contributed by atoms with Gasteiger partial charge in [0.25, 0.3) is 0 Å². The van der Waals surface area contributed by atoms with Gasteiger partial charge in [0, 0.05) is 123 Å². The summed E-state index contributed by atoms with van der Waals surface area (Å²) in [6.07, 6.45) is 13.8. The van der Waals surface area contributed by atoms with Crippen LogP contribution in [0.3, 0.4) is 0 Å². The molecule has 594 valence electrons. The van der Waals surface area contributed by atoms with Crippen molar-refractivity contribution in [3.63, 3.8) is 0 Å². The summed E-state index contributed by atoms with van der Waals surface area (Å²) in [5.41, 5.74) is 15.0. The monoisotopic (exact) mass is 1670 g/mol. The number of carboxylic acid groups (broad SMARTS) is 1. The average molecular weight is 1670 g/mol. The van der Waals surface area contributed by atoms with Crippen LogP contribution in [0.1, 0.15) is 84.5 Å². The van der Waals surface area contributed by atoms with Crippen LogP contribution in [0.5, 0.6) is 46.0 Å². The fraction of sp³-hybridized carbons (Fsp3) is 0.275. The molecule has 15 rings (SSSR count). The highest BCUT2D eigenvalue weighted by Gasteiger charge is 2.28. The number of para-hydroxylation sites is 4. The number of methoxy groups -OCH3 is 2. The van der Waals surface area contributed by atoms with E-state index in [0.29, 0.717) is 99.7 Å². The van der Waals surface area contributed by atoms with Gasteiger partial charge in [0.15, 0.2) is 34.7 Å². The Morgan fingerprint density at radius 2 is 0.947 bits per heavy atom. The molecule has 11 aromatic rings. The van der Waals surface area contributed by atoms with Crippen molar-refractivity contribution < 1.29 is 75.5 Å². The lowest BCUT2D eigenvalue weighted by Gasteiger charge is -2.30. The first-order valence-electron chi connectivity index (χ1n) is 35.4. The number of aliphatic carboxylic acids is 1. The molecule has 0 unspecified atom stereocenters. The van der Waals surface area contributed by atoms with Crippen LogP contribution >= 0.6 is 49.9 Å². The van der Waals surface area contributed by atoms with Crippen molar-refractivity contribution in [1.82, 2.24) is 30.9 Å². The fourth-order valence-electron chi connectivity index (χ4n) is 11.9. The molecule has 1 saturated carbocycles. The maximum atomic E-state index is 14.9. The lowest BCUT2D eigenvalue weighted by atomic mass is 9.91. The number of benzene rings is 5. The lowest BCUT2D eigenvalue weighted by molar-refractivity contribution is -0.139. The van der Waals surface area contributed by atoms with Crippen molar-refractivity contribution in [3.05, 3.63) is 179 Å². The number of hydrogen-bond donors (Lipinski definition) is 9. The molecule has 5 aromatic carbocycles. The smallest absolute Gasteiger partial charge is 0.312 e. The van der Waals surface area contributed by atoms with E-state index in [1.165, 1.54) is 110 Å². The Bertz CT molecular complexity index is 5150. The predicted octanol–water partition coefficient (Wildman–Crippen LogP) is 16.2. The van der Waals surface area contributed by atoms with Crippen LogP contribution in [0.25, 0.3) is 30.6 Å². The Balaban J connectivity index is 0.000000169. The van der Waals surface area contributed by atoms with Gasteiger partial charge in [-0.1, -0.05) is 44.5 Å². The number of amides is 6. The molecule has 33 heteroatoms. The van der Waals surface area contributed by atoms with Crippen molar-refractivity contribution in [2.45, 2.75) is 96.6 Å². The molecular formula is C80H85BrF3N13O13S3. The molecule has 3 saturated heterocycles. The molecule has 0 spiro atoms. The van der Waals surface area contributed by atoms with Crippen LogP contribution in [0.15, 0.2) is 162 Å². The van der Waals surface area contributed by atoms with Crippen LogP contribution < -0.4 is 76.9 Å². The van der Waals surface area contributed by atoms with Crippen LogP contribution in [0.4, 0.5) is 51.6 Å². The number of hydrogen-bond acceptors (Lipinski definition) is 22. The normalized spacial score (nSPS) is 14.7. The van der Waals surface area contributed by atoms with Crippen LogP contribution in [0.2, 0.25) is 0 Å². The number of nitrogens with two attached hydrogens (primary N) is 2. The van der Waals surface area contributed by atoms with Crippen molar-refractivity contribution in [2.75, 3.05) is 85.2 Å². The molecule has 3 aliphatic heterocycles. The number of carbonyl (C=O) groups is 7. The molecule has 113 heavy (non-hydrogen) atoms. The topological polar surface area (TPSA) is 355 Å². The lowest BCUT2D eigenvalue weighted by Crippen LogP contribution is -2.47. The first kappa shape index (κ1) is 85.5. The van der Waals surface area contributed by atoms with Gasteiger partial charge < -0.3 is 82.0 Å². The fourth-order valence-corrected chi connectivity index (χ4v) is 15.6. The summed E-state index contributed by atoms with van der Waals surface area (Å²) in [6, 6.07) is 38.3. The molecule has 26 nitrogen and oxygen atoms in total. The number of nitrogens with zero attached hydrogens (tertiary/aromatic N) is 5. The molecule has 6 aromatic heterocycles. The number of rotatable bonds is 19. The van der Waals surface area contributed by atoms with Gasteiger partial charge in [-0.05, 0) is 141 Å². The van der Waals surface area contributed by atoms with Gasteiger partial charge in [-0.2, -0.15) is 0 Å². The Morgan fingerprint density at radius 1 is 0.522 bits per heavy atom. The van der Waals surface area contributed by atoms with Crippen LogP contribution in [0, 0.1) is 17.5 Å². The van der Waals surface area contributed by atoms with Gasteiger partial charge in [-0.15, -0.1) is 34.0 Å². The Kier molecular flexibility index (Phi) is 31.5. The number of fused-ring (bicyclic) bond motifs is 3. The third-order valence-electron chi connectivity index (χ3n) is 17.3. The molecule has 1 aliphatic carbocycles. The van der Waals surface area contributed by atoms with E-state index in [4.69, 9.17) is 40.3 Å². The highest BCUT2D eigenvalue weighted by atomic mass is 79.9. The molecule has 2 atom stereocenters. The molecule has 4 aliphatic rings. The van der Waals surface area contributed by atoms with Gasteiger partial charge in [0.1, 0.15) is 51.6 Å². The number of thiophene rings is 3. The zero-order valence-electron chi connectivity index (χ0n) is 61.2. The van der Waals surface area contributed by atoms with E-state index in [9.17, 15) is 46.7 Å². The average Bonchev–Trinajstić information content (AvgIpc) is 1.65. The van der Waals surface area contributed by atoms with E-state index < -0.39 is 54.0 Å². The van der Waals surface area contributed by atoms with E-state index in [1.54, 1.807) is 107 Å². The van der Waals surface area contributed by atoms with E-state index in [0.717, 1.165) is 72.5 Å². The van der Waals surface area contributed by atoms with Gasteiger partial charge in [-0.3, -0.25) is 48.5 Å². The molecule has 0 bridgehead atoms. The molecular weight excluding hydrogens is 1580 g/mol. The van der Waals surface area contributed by atoms with Crippen LogP contribution in [-0.2, 0) is 33.6 Å². The maximum Gasteiger partial charge on any atom is 0.312 e. The number of carboxylic acids is 1. The van der Waals surface area contributed by atoms with Gasteiger partial charge in [0.2, 0.25) is 35.4 Å². The Labute approximate surface area is 669 Å². The van der Waals surface area contributed by atoms with E-state index in [-0.39, 0.29) is 48.1 Å². The summed E-state index contributed by atoms with van der Waals surface area (Å²) in [5, 5.41) is 27.0. The standard InChI is InChI=1S/C27H23FN4O5S.C17H14FN3O2S.C13H8BrFN2OS.C10H11NO4.C8H18N2.C4H7NO.CH4/c1-36-21-6-3-2-5-18(21)31-24(34)15-23(33)30-16-8-9-20(17(28)13-16)37-22-10-11-29-19-14-26(38-27(19)22)32-12-4-7-25(32)35;18-11-8-10(19)3-4-13(11)23-14-5-6-20-12-9-16(24-17(12)14)21-7-1-2-15(21)22;14-12-6-9-13(19-12)11(3-4-17-9)18-10-2-1-7(16)5-8(10)15;1-15-8-5-3-2-4-7(8)11-9(12)6-10(13)14;1-9-7-5-3-4-6-8(7)10-2;6-4-2-1-3-5-4;/h2-3,5-6,8-11,13-14H,4,7,12,15H2,1H3,(H,30,33)(H,31,34);3-6,8-9H,1-2,7,19H2;1-6H,16H2;2-5H,6H2,1H3,(H,11,12)(H,13,14);7-10H,3-6H2,1-2H3;1-3H2,(H,5,6);1H4/t;;;;7-,8-;;/m....0../s1. The second-order valence-electron chi connectivity index (χ2n) is 25.2. The number of nitrogen functional groups attached to an aromatic ring is 2. The number of nitrogens with one attached hydrogen (secondary N) is 6. The summed E-state index contributed by atoms with van der Waals surface area (Å²) >= 11 is 7.68. The minimum Gasteiger partial charge on any atom is -0.495 e. The number of likely N-dealkylation sites (N-methyl/N-ethyl adjacent to an activating group) is 2. The number of ether oxygens (including phenoxy) is 5. The number of carbonyl (C=O) groups excluding carboxylic acids is 6. The first-order chi connectivity index (χ1) is 54.1. The molecule has 4 fully saturated rings. The highest BCUT2D eigenvalue weighted by molar-refractivity contribution is 9.11. The Morgan fingerprint density at radius 3 is 1.34 bits per heavy atom. The number of halogens is 4. The third-order valence-corrected chi connectivity index (χ3v) is 21.3. The van der Waals surface area contributed by atoms with Crippen molar-refractivity contribution >= 4 is 160 Å². The van der Waals surface area contributed by atoms with Crippen LogP contribution in [-0.4, -0.2) is 122 Å². The minimum atomic E-state index is -1.16. The molecule has 11 N–H and O–H groups in total. The quantitative estimate of drug-likeness (QED) is 0.0268. The van der Waals surface area contributed by atoms with E-state index in [2.05, 4.69) is 76.9 Å². The summed E-state index contributed by atoms with van der Waals surface area (Å²) in [6.45, 7) is 2.26. The first-order valence-corrected chi connectivity index (χ1v) is 38.6. The summed E-state index contributed by atoms with van der Waals surface area (Å²) in [7, 11) is 7.06. The summed E-state index contributed by atoms with van der Waals surface area (Å²) in [4.78, 5) is 96.6. The summed E-state index contributed by atoms with van der Waals surface area (Å²) < 4.78 is 73.2. The maximum absolute atomic E-state index is 14.9. The minimum absolute atomic E-state index is 0. The molecule has 9 heterocycles. The SMILES string of the molecule is C.CN[C@H]1CCCC[C@@H]1NC.COc1ccccc1NC(=O)CC(=O)Nc1ccc(Oc2ccnc3cc(N4CCCC4=O)sc23)c(F)c1.COc1ccccc1NC(=O)CC(=O)O.Nc1ccc(Oc2ccnc3cc(Br)sc23)c(F)c1.Nc1ccc(Oc2ccnc3cc(N4CCCC4=O)sc23)c(F)c1.O=C1CCCN1. The zero-order chi connectivity index (χ0) is 79.8. The van der Waals surface area contributed by atoms with Crippen molar-refractivity contribution in [1.29, 1.82) is 0 Å². The van der Waals surface area contributed by atoms with Gasteiger partial charge >= 0.3 is 5.97 Å². The summed E-state index contributed by atoms with van der Waals surface area (Å²) in [5.74, 6) is -1.55. The molecule has 0 radical (unpaired) electrons. The highest BCUT2D eigenvalue weighted by Crippen LogP contribution is 2.44. The second-order valence-corrected chi connectivity index (χ2v) is 29.7. The predicted molar refractivity (Wildman–Crippen MR) is 440 cm³/mol. The number of pyridine rings is 3. The third kappa shape index (κ3) is 24.0. The largest absolute Gasteiger partial charge is 0.495 e. The zero-order valence-corrected chi connectivity index (χ0v) is 65.3.